The molecule has 0 aliphatic carbocycles. The topological polar surface area (TPSA) is 111 Å². The summed E-state index contributed by atoms with van der Waals surface area (Å²) in [7, 11) is 0. The summed E-state index contributed by atoms with van der Waals surface area (Å²) in [5.41, 5.74) is 2.33. The van der Waals surface area contributed by atoms with Crippen LogP contribution in [0.5, 0.6) is 11.5 Å². The van der Waals surface area contributed by atoms with Crippen molar-refractivity contribution in [1.29, 1.82) is 0 Å². The number of amides is 1. The monoisotopic (exact) mass is 447 g/mol. The number of piperazine rings is 1. The summed E-state index contributed by atoms with van der Waals surface area (Å²) in [6.07, 6.45) is 0. The van der Waals surface area contributed by atoms with Crippen LogP contribution in [-0.2, 0) is 0 Å². The van der Waals surface area contributed by atoms with Crippen molar-refractivity contribution in [1.82, 2.24) is 15.1 Å². The number of aromatic nitrogens is 2. The van der Waals surface area contributed by atoms with E-state index >= 15 is 0 Å². The number of hydrogen-bond donors (Lipinski definition) is 0. The van der Waals surface area contributed by atoms with Crippen molar-refractivity contribution in [3.05, 3.63) is 69.8 Å². The van der Waals surface area contributed by atoms with Crippen LogP contribution in [0.1, 0.15) is 15.9 Å². The number of hydrogen-bond acceptors (Lipinski definition) is 8. The van der Waals surface area contributed by atoms with E-state index in [1.54, 1.807) is 24.0 Å². The minimum atomic E-state index is -0.462. The summed E-state index contributed by atoms with van der Waals surface area (Å²) in [5.74, 6) is 1.95. The van der Waals surface area contributed by atoms with Gasteiger partial charge in [-0.05, 0) is 43.3 Å². The second-order valence-electron chi connectivity index (χ2n) is 7.83. The molecule has 33 heavy (non-hydrogen) atoms. The molecule has 168 valence electrons. The normalized spacial score (nSPS) is 14.9. The Morgan fingerprint density at radius 2 is 1.79 bits per heavy atom. The first-order chi connectivity index (χ1) is 16.0. The molecule has 2 aromatic carbocycles. The third kappa shape index (κ3) is 3.91. The predicted octanol–water partition coefficient (Wildman–Crippen LogP) is 3.05. The van der Waals surface area contributed by atoms with Crippen molar-refractivity contribution < 1.29 is 19.2 Å². The first-order valence-corrected chi connectivity index (χ1v) is 10.5. The fourth-order valence-corrected chi connectivity index (χ4v) is 4.07. The lowest BCUT2D eigenvalue weighted by Gasteiger charge is -2.35. The second-order valence-corrected chi connectivity index (χ2v) is 7.83. The highest BCUT2D eigenvalue weighted by molar-refractivity contribution is 5.96. The van der Waals surface area contributed by atoms with E-state index in [-0.39, 0.29) is 18.4 Å². The van der Waals surface area contributed by atoms with Crippen LogP contribution < -0.4 is 14.4 Å². The van der Waals surface area contributed by atoms with Gasteiger partial charge in [0.15, 0.2) is 17.3 Å². The van der Waals surface area contributed by atoms with Crippen LogP contribution in [0.3, 0.4) is 0 Å². The first kappa shape index (κ1) is 20.7. The van der Waals surface area contributed by atoms with Crippen molar-refractivity contribution >= 4 is 17.4 Å². The fourth-order valence-electron chi connectivity index (χ4n) is 4.07. The third-order valence-electron chi connectivity index (χ3n) is 5.94. The van der Waals surface area contributed by atoms with Crippen molar-refractivity contribution in [2.24, 2.45) is 0 Å². The maximum atomic E-state index is 13.0. The van der Waals surface area contributed by atoms with Gasteiger partial charge in [-0.2, -0.15) is 0 Å². The van der Waals surface area contributed by atoms with Gasteiger partial charge in [-0.1, -0.05) is 6.07 Å². The van der Waals surface area contributed by atoms with Gasteiger partial charge < -0.3 is 19.3 Å². The van der Waals surface area contributed by atoms with E-state index in [2.05, 4.69) is 15.1 Å². The maximum absolute atomic E-state index is 13.0. The first-order valence-electron chi connectivity index (χ1n) is 10.5. The van der Waals surface area contributed by atoms with E-state index in [0.29, 0.717) is 43.1 Å². The zero-order valence-corrected chi connectivity index (χ0v) is 17.9. The number of carbonyl (C=O) groups excluding carboxylic acids is 1. The van der Waals surface area contributed by atoms with Crippen molar-refractivity contribution in [2.75, 3.05) is 37.9 Å². The molecule has 0 N–H and O–H groups in total. The van der Waals surface area contributed by atoms with Crippen molar-refractivity contribution in [3.63, 3.8) is 0 Å². The second kappa shape index (κ2) is 8.38. The molecule has 3 heterocycles. The number of rotatable bonds is 4. The van der Waals surface area contributed by atoms with E-state index in [1.165, 1.54) is 6.07 Å². The van der Waals surface area contributed by atoms with Crippen molar-refractivity contribution in [2.45, 2.75) is 6.92 Å². The van der Waals surface area contributed by atoms with E-state index in [9.17, 15) is 14.9 Å². The predicted molar refractivity (Wildman–Crippen MR) is 120 cm³/mol. The lowest BCUT2D eigenvalue weighted by molar-refractivity contribution is -0.385. The molecular formula is C23H21N5O5. The Bertz CT molecular complexity index is 1220. The molecule has 2 aliphatic heterocycles. The molecule has 1 saturated heterocycles. The number of nitro benzene ring substituents is 1. The molecule has 5 rings (SSSR count). The summed E-state index contributed by atoms with van der Waals surface area (Å²) in [6, 6.07) is 14.1. The fraction of sp³-hybridized carbons (Fsp3) is 0.261. The van der Waals surface area contributed by atoms with Crippen LogP contribution in [0.4, 0.5) is 11.5 Å². The molecule has 0 bridgehead atoms. The molecule has 10 nitrogen and oxygen atoms in total. The van der Waals surface area contributed by atoms with Crippen LogP contribution in [-0.4, -0.2) is 58.9 Å². The van der Waals surface area contributed by atoms with Crippen LogP contribution in [0.25, 0.3) is 11.3 Å². The van der Waals surface area contributed by atoms with Gasteiger partial charge in [-0.15, -0.1) is 10.2 Å². The Labute approximate surface area is 189 Å². The Morgan fingerprint density at radius 3 is 2.52 bits per heavy atom. The van der Waals surface area contributed by atoms with Crippen LogP contribution in [0, 0.1) is 17.0 Å². The number of nitro groups is 1. The highest BCUT2D eigenvalue weighted by Crippen LogP contribution is 2.35. The Hall–Kier alpha value is -4.21. The van der Waals surface area contributed by atoms with Crippen LogP contribution >= 0.6 is 0 Å². The van der Waals surface area contributed by atoms with Gasteiger partial charge in [-0.25, -0.2) is 0 Å². The van der Waals surface area contributed by atoms with Gasteiger partial charge in [0.05, 0.1) is 10.6 Å². The van der Waals surface area contributed by atoms with Crippen LogP contribution in [0.2, 0.25) is 0 Å². The summed E-state index contributed by atoms with van der Waals surface area (Å²) in [4.78, 5) is 27.5. The van der Waals surface area contributed by atoms with Gasteiger partial charge in [0.2, 0.25) is 6.79 Å². The van der Waals surface area contributed by atoms with Crippen LogP contribution in [0.15, 0.2) is 48.5 Å². The Balaban J connectivity index is 1.25. The lowest BCUT2D eigenvalue weighted by atomic mass is 10.1. The van der Waals surface area contributed by atoms with E-state index in [0.717, 1.165) is 22.8 Å². The average Bonchev–Trinajstić information content (AvgIpc) is 3.32. The molecule has 0 spiro atoms. The van der Waals surface area contributed by atoms with Gasteiger partial charge in [-0.3, -0.25) is 14.9 Å². The third-order valence-corrected chi connectivity index (χ3v) is 5.94. The molecule has 1 aromatic heterocycles. The number of nitrogens with zero attached hydrogens (tertiary/aromatic N) is 5. The highest BCUT2D eigenvalue weighted by Gasteiger charge is 2.26. The summed E-state index contributed by atoms with van der Waals surface area (Å²) in [5, 5.41) is 19.9. The largest absolute Gasteiger partial charge is 0.454 e. The molecule has 0 unspecified atom stereocenters. The van der Waals surface area contributed by atoms with Gasteiger partial charge in [0.25, 0.3) is 11.6 Å². The molecule has 3 aromatic rings. The smallest absolute Gasteiger partial charge is 0.273 e. The summed E-state index contributed by atoms with van der Waals surface area (Å²) >= 11 is 0. The van der Waals surface area contributed by atoms with E-state index in [1.807, 2.05) is 30.3 Å². The van der Waals surface area contributed by atoms with Crippen molar-refractivity contribution in [3.8, 4) is 22.8 Å². The van der Waals surface area contributed by atoms with E-state index < -0.39 is 4.92 Å². The number of benzene rings is 2. The number of ether oxygens (including phenoxy) is 2. The number of carbonyl (C=O) groups is 1. The molecule has 10 heteroatoms. The quantitative estimate of drug-likeness (QED) is 0.443. The van der Waals surface area contributed by atoms with Gasteiger partial charge >= 0.3 is 0 Å². The zero-order chi connectivity index (χ0) is 22.9. The van der Waals surface area contributed by atoms with Gasteiger partial charge in [0.1, 0.15) is 0 Å². The average molecular weight is 447 g/mol. The maximum Gasteiger partial charge on any atom is 0.273 e. The minimum Gasteiger partial charge on any atom is -0.454 e. The Morgan fingerprint density at radius 1 is 1.00 bits per heavy atom. The molecule has 1 fully saturated rings. The highest BCUT2D eigenvalue weighted by atomic mass is 16.7. The number of anilines is 1. The summed E-state index contributed by atoms with van der Waals surface area (Å²) in [6.45, 7) is 4.01. The molecule has 2 aliphatic rings. The lowest BCUT2D eigenvalue weighted by Crippen LogP contribution is -2.49. The molecule has 1 amide bonds. The molecule has 0 atom stereocenters. The number of fused-ring (bicyclic) bond motifs is 1. The standard InChI is InChI=1S/C23H21N5O5/c1-15-17(3-2-4-19(15)28(30)31)23(29)27-11-9-26(10-12-27)22-8-6-18(24-25-22)16-5-7-20-21(13-16)33-14-32-20/h2-8,13H,9-12,14H2,1H3. The molecule has 0 radical (unpaired) electrons. The molecular weight excluding hydrogens is 426 g/mol. The summed E-state index contributed by atoms with van der Waals surface area (Å²) < 4.78 is 10.8. The SMILES string of the molecule is Cc1c(C(=O)N2CCN(c3ccc(-c4ccc5c(c4)OCO5)nn3)CC2)cccc1[N+](=O)[O-]. The minimum absolute atomic E-state index is 0.0442. The Kier molecular flexibility index (Phi) is 5.25. The zero-order valence-electron chi connectivity index (χ0n) is 17.9. The molecule has 0 saturated carbocycles. The van der Waals surface area contributed by atoms with Gasteiger partial charge in [0, 0.05) is 48.9 Å². The van der Waals surface area contributed by atoms with E-state index in [4.69, 9.17) is 9.47 Å².